The third-order valence-corrected chi connectivity index (χ3v) is 4.99. The van der Waals surface area contributed by atoms with E-state index in [1.54, 1.807) is 6.92 Å². The number of nitrogens with zero attached hydrogens (tertiary/aromatic N) is 2. The van der Waals surface area contributed by atoms with Crippen LogP contribution in [0.3, 0.4) is 0 Å². The van der Waals surface area contributed by atoms with Gasteiger partial charge in [0.25, 0.3) is 0 Å². The standard InChI is InChI=1S/C15H16N2O4/c1-6-13(19)12-9(14(20)15(6)21-3)7(5-18)10-11-8(16(11)2)4-17(10)12/h8,11,18H,4-5H2,1-3H3. The molecule has 3 atom stereocenters. The molecule has 0 amide bonds. The van der Waals surface area contributed by atoms with Gasteiger partial charge in [-0.25, -0.2) is 0 Å². The maximum atomic E-state index is 12.6. The third kappa shape index (κ3) is 1.30. The highest BCUT2D eigenvalue weighted by molar-refractivity contribution is 6.26. The quantitative estimate of drug-likeness (QED) is 0.809. The Bertz CT molecular complexity index is 743. The number of ketones is 2. The highest BCUT2D eigenvalue weighted by Gasteiger charge is 2.56. The molecule has 3 aliphatic rings. The lowest BCUT2D eigenvalue weighted by Crippen LogP contribution is -2.25. The molecule has 0 radical (unpaired) electrons. The first-order chi connectivity index (χ1) is 10.0. The van der Waals surface area contributed by atoms with Crippen LogP contribution in [0.2, 0.25) is 0 Å². The molecule has 0 aromatic carbocycles. The Morgan fingerprint density at radius 1 is 1.33 bits per heavy atom. The van der Waals surface area contributed by atoms with Crippen molar-refractivity contribution in [1.82, 2.24) is 9.47 Å². The summed E-state index contributed by atoms with van der Waals surface area (Å²) in [6, 6.07) is 0.594. The highest BCUT2D eigenvalue weighted by Crippen LogP contribution is 2.52. The molecular weight excluding hydrogens is 272 g/mol. The predicted octanol–water partition coefficient (Wildman–Crippen LogP) is 0.649. The molecule has 1 N–H and O–H groups in total. The fourth-order valence-corrected chi connectivity index (χ4v) is 3.86. The lowest BCUT2D eigenvalue weighted by molar-refractivity contribution is 0.0900. The Hall–Kier alpha value is -1.92. The molecule has 0 bridgehead atoms. The fourth-order valence-electron chi connectivity index (χ4n) is 3.86. The highest BCUT2D eigenvalue weighted by atomic mass is 16.5. The molecule has 3 heterocycles. The van der Waals surface area contributed by atoms with Gasteiger partial charge in [-0.2, -0.15) is 0 Å². The molecule has 1 aromatic rings. The number of hydrogen-bond donors (Lipinski definition) is 1. The van der Waals surface area contributed by atoms with Gasteiger partial charge in [0.05, 0.1) is 25.3 Å². The largest absolute Gasteiger partial charge is 0.492 e. The van der Waals surface area contributed by atoms with E-state index in [4.69, 9.17) is 4.74 Å². The second-order valence-electron chi connectivity index (χ2n) is 5.85. The Kier molecular flexibility index (Phi) is 2.34. The van der Waals surface area contributed by atoms with Crippen LogP contribution < -0.4 is 0 Å². The molecule has 1 saturated heterocycles. The van der Waals surface area contributed by atoms with Crippen LogP contribution >= 0.6 is 0 Å². The van der Waals surface area contributed by atoms with E-state index >= 15 is 0 Å². The van der Waals surface area contributed by atoms with Gasteiger partial charge in [0.15, 0.2) is 5.76 Å². The monoisotopic (exact) mass is 288 g/mol. The van der Waals surface area contributed by atoms with Gasteiger partial charge in [0.1, 0.15) is 5.69 Å². The van der Waals surface area contributed by atoms with Crippen molar-refractivity contribution in [2.75, 3.05) is 14.2 Å². The number of carbonyl (C=O) groups excluding carboxylic acids is 2. The van der Waals surface area contributed by atoms with Crippen molar-refractivity contribution in [2.45, 2.75) is 32.2 Å². The maximum Gasteiger partial charge on any atom is 0.230 e. The van der Waals surface area contributed by atoms with Crippen LogP contribution in [0, 0.1) is 0 Å². The van der Waals surface area contributed by atoms with Gasteiger partial charge in [0, 0.05) is 29.4 Å². The number of hydrogen-bond acceptors (Lipinski definition) is 5. The average Bonchev–Trinajstić information content (AvgIpc) is 2.85. The normalized spacial score (nSPS) is 29.4. The first-order valence-electron chi connectivity index (χ1n) is 6.95. The molecule has 3 unspecified atom stereocenters. The number of aromatic nitrogens is 1. The number of methoxy groups -OCH3 is 1. The zero-order valence-corrected chi connectivity index (χ0v) is 12.1. The topological polar surface area (TPSA) is 71.5 Å². The van der Waals surface area contributed by atoms with Crippen molar-refractivity contribution >= 4 is 11.6 Å². The molecular formula is C15H16N2O4. The smallest absolute Gasteiger partial charge is 0.230 e. The van der Waals surface area contributed by atoms with Gasteiger partial charge < -0.3 is 14.4 Å². The van der Waals surface area contributed by atoms with Crippen LogP contribution in [0.25, 0.3) is 0 Å². The zero-order valence-electron chi connectivity index (χ0n) is 12.1. The first-order valence-corrected chi connectivity index (χ1v) is 6.95. The van der Waals surface area contributed by atoms with Gasteiger partial charge in [-0.05, 0) is 14.0 Å². The number of aliphatic hydroxyl groups excluding tert-OH is 1. The van der Waals surface area contributed by atoms with Crippen LogP contribution in [0.1, 0.15) is 45.1 Å². The van der Waals surface area contributed by atoms with Crippen molar-refractivity contribution < 1.29 is 19.4 Å². The van der Waals surface area contributed by atoms with Crippen molar-refractivity contribution in [3.63, 3.8) is 0 Å². The van der Waals surface area contributed by atoms with Crippen LogP contribution in [-0.4, -0.2) is 46.3 Å². The first kappa shape index (κ1) is 12.8. The van der Waals surface area contributed by atoms with Gasteiger partial charge in [-0.15, -0.1) is 0 Å². The predicted molar refractivity (Wildman–Crippen MR) is 73.0 cm³/mol. The molecule has 0 spiro atoms. The number of Topliss-reactive ketones (excluding diaryl/α,β-unsaturated/α-hetero) is 2. The molecule has 6 heteroatoms. The summed E-state index contributed by atoms with van der Waals surface area (Å²) in [5.41, 5.74) is 2.61. The summed E-state index contributed by atoms with van der Waals surface area (Å²) >= 11 is 0. The minimum atomic E-state index is -0.296. The van der Waals surface area contributed by atoms with Crippen LogP contribution in [0.15, 0.2) is 11.3 Å². The van der Waals surface area contributed by atoms with E-state index in [9.17, 15) is 14.7 Å². The molecule has 1 aliphatic carbocycles. The lowest BCUT2D eigenvalue weighted by atomic mass is 9.91. The van der Waals surface area contributed by atoms with Crippen molar-refractivity contribution in [3.8, 4) is 0 Å². The Balaban J connectivity index is 1.99. The summed E-state index contributed by atoms with van der Waals surface area (Å²) in [7, 11) is 3.40. The van der Waals surface area contributed by atoms with Gasteiger partial charge in [-0.1, -0.05) is 0 Å². The van der Waals surface area contributed by atoms with E-state index in [1.807, 2.05) is 11.6 Å². The summed E-state index contributed by atoms with van der Waals surface area (Å²) < 4.78 is 7.03. The zero-order chi connectivity index (χ0) is 15.0. The van der Waals surface area contributed by atoms with E-state index in [1.165, 1.54) is 7.11 Å². The number of rotatable bonds is 2. The van der Waals surface area contributed by atoms with E-state index < -0.39 is 0 Å². The number of allylic oxidation sites excluding steroid dienone is 2. The fraction of sp³-hybridized carbons (Fsp3) is 0.467. The van der Waals surface area contributed by atoms with Crippen molar-refractivity contribution in [2.24, 2.45) is 0 Å². The van der Waals surface area contributed by atoms with Crippen LogP contribution in [0.4, 0.5) is 0 Å². The number of likely N-dealkylation sites (N-methyl/N-ethyl adjacent to an activating group) is 1. The summed E-state index contributed by atoms with van der Waals surface area (Å²) in [4.78, 5) is 27.4. The van der Waals surface area contributed by atoms with E-state index in [0.29, 0.717) is 35.0 Å². The van der Waals surface area contributed by atoms with E-state index in [0.717, 1.165) is 5.69 Å². The van der Waals surface area contributed by atoms with Crippen LogP contribution in [-0.2, 0) is 17.9 Å². The molecule has 6 nitrogen and oxygen atoms in total. The van der Waals surface area contributed by atoms with Gasteiger partial charge in [-0.3, -0.25) is 14.5 Å². The van der Waals surface area contributed by atoms with Gasteiger partial charge in [0.2, 0.25) is 11.6 Å². The number of ether oxygens (including phenoxy) is 1. The second-order valence-corrected chi connectivity index (χ2v) is 5.85. The second kappa shape index (κ2) is 3.84. The molecule has 1 aromatic heterocycles. The summed E-state index contributed by atoms with van der Waals surface area (Å²) in [6.45, 7) is 2.08. The summed E-state index contributed by atoms with van der Waals surface area (Å²) in [6.07, 6.45) is 0. The minimum absolute atomic E-state index is 0.0900. The lowest BCUT2D eigenvalue weighted by Gasteiger charge is -2.17. The minimum Gasteiger partial charge on any atom is -0.492 e. The average molecular weight is 288 g/mol. The maximum absolute atomic E-state index is 12.6. The summed E-state index contributed by atoms with van der Waals surface area (Å²) in [5.74, 6) is -0.381. The van der Waals surface area contributed by atoms with Crippen LogP contribution in [0.5, 0.6) is 0 Å². The molecule has 2 aliphatic heterocycles. The number of fused-ring (bicyclic) bond motifs is 5. The summed E-state index contributed by atoms with van der Waals surface area (Å²) in [5, 5.41) is 9.75. The molecule has 4 rings (SSSR count). The Morgan fingerprint density at radius 3 is 2.67 bits per heavy atom. The number of carbonyl (C=O) groups is 2. The number of aliphatic hydroxyl groups is 1. The Morgan fingerprint density at radius 2 is 2.05 bits per heavy atom. The molecule has 110 valence electrons. The van der Waals surface area contributed by atoms with E-state index in [-0.39, 0.29) is 30.0 Å². The van der Waals surface area contributed by atoms with Gasteiger partial charge >= 0.3 is 0 Å². The van der Waals surface area contributed by atoms with E-state index in [2.05, 4.69) is 4.90 Å². The van der Waals surface area contributed by atoms with Crippen molar-refractivity contribution in [1.29, 1.82) is 0 Å². The molecule has 0 saturated carbocycles. The Labute approximate surface area is 121 Å². The SMILES string of the molecule is COC1=C(C)C(=O)c2c(c(CO)c3n2CC2C3N2C)C1=O. The molecule has 1 fully saturated rings. The third-order valence-electron chi connectivity index (χ3n) is 4.99. The molecule has 21 heavy (non-hydrogen) atoms. The van der Waals surface area contributed by atoms with Crippen molar-refractivity contribution in [3.05, 3.63) is 33.8 Å².